The number of para-hydroxylation sites is 1. The highest BCUT2D eigenvalue weighted by Crippen LogP contribution is 2.27. The predicted molar refractivity (Wildman–Crippen MR) is 71.7 cm³/mol. The molecular weight excluding hydrogens is 226 g/mol. The first-order valence-electron chi connectivity index (χ1n) is 6.68. The lowest BCUT2D eigenvalue weighted by atomic mass is 9.95. The second kappa shape index (κ2) is 5.89. The summed E-state index contributed by atoms with van der Waals surface area (Å²) in [6, 6.07) is 7.97. The number of carbonyl (C=O) groups excluding carboxylic acids is 1. The number of fused-ring (bicyclic) bond motifs is 1. The van der Waals surface area contributed by atoms with Gasteiger partial charge in [-0.3, -0.25) is 4.79 Å². The molecule has 1 aliphatic rings. The Morgan fingerprint density at radius 3 is 3.00 bits per heavy atom. The second-order valence-corrected chi connectivity index (χ2v) is 4.93. The molecule has 1 aliphatic heterocycles. The summed E-state index contributed by atoms with van der Waals surface area (Å²) in [6.45, 7) is 3.48. The van der Waals surface area contributed by atoms with E-state index in [9.17, 15) is 4.79 Å². The van der Waals surface area contributed by atoms with Gasteiger partial charge in [-0.15, -0.1) is 0 Å². The average Bonchev–Trinajstić information content (AvgIpc) is 2.43. The molecule has 98 valence electrons. The average molecular weight is 247 g/mol. The van der Waals surface area contributed by atoms with Crippen LogP contribution in [0.1, 0.15) is 25.3 Å². The van der Waals surface area contributed by atoms with E-state index in [0.29, 0.717) is 6.61 Å². The maximum atomic E-state index is 12.3. The van der Waals surface area contributed by atoms with Crippen LogP contribution in [0.2, 0.25) is 0 Å². The molecule has 0 fully saturated rings. The van der Waals surface area contributed by atoms with Gasteiger partial charge < -0.3 is 9.64 Å². The molecule has 0 aliphatic carbocycles. The van der Waals surface area contributed by atoms with Gasteiger partial charge in [0.2, 0.25) is 5.91 Å². The van der Waals surface area contributed by atoms with Crippen LogP contribution in [0.15, 0.2) is 24.3 Å². The van der Waals surface area contributed by atoms with Crippen molar-refractivity contribution in [1.82, 2.24) is 4.90 Å². The van der Waals surface area contributed by atoms with Crippen molar-refractivity contribution in [3.05, 3.63) is 29.8 Å². The maximum Gasteiger partial charge on any atom is 0.229 e. The van der Waals surface area contributed by atoms with Crippen molar-refractivity contribution in [3.8, 4) is 5.75 Å². The molecule has 0 saturated carbocycles. The van der Waals surface area contributed by atoms with Gasteiger partial charge in [0.15, 0.2) is 0 Å². The fourth-order valence-electron chi connectivity index (χ4n) is 2.30. The third kappa shape index (κ3) is 2.84. The quantitative estimate of drug-likeness (QED) is 0.818. The van der Waals surface area contributed by atoms with Gasteiger partial charge in [-0.2, -0.15) is 0 Å². The summed E-state index contributed by atoms with van der Waals surface area (Å²) in [4.78, 5) is 14.1. The normalized spacial score (nSPS) is 17.8. The van der Waals surface area contributed by atoms with Crippen molar-refractivity contribution in [2.45, 2.75) is 26.2 Å². The summed E-state index contributed by atoms with van der Waals surface area (Å²) < 4.78 is 5.66. The maximum absolute atomic E-state index is 12.3. The minimum absolute atomic E-state index is 0.0262. The number of carbonyl (C=O) groups is 1. The SMILES string of the molecule is CCCCN(C)C(=O)[C@@H]1COc2ccccc2C1. The lowest BCUT2D eigenvalue weighted by Gasteiger charge is -2.28. The van der Waals surface area contributed by atoms with Gasteiger partial charge >= 0.3 is 0 Å². The summed E-state index contributed by atoms with van der Waals surface area (Å²) in [5, 5.41) is 0. The number of benzene rings is 1. The number of hydrogen-bond donors (Lipinski definition) is 0. The Balaban J connectivity index is 1.98. The van der Waals surface area contributed by atoms with Gasteiger partial charge in [0.05, 0.1) is 5.92 Å². The van der Waals surface area contributed by atoms with E-state index in [1.165, 1.54) is 0 Å². The summed E-state index contributed by atoms with van der Waals surface area (Å²) in [5.74, 6) is 1.11. The van der Waals surface area contributed by atoms with Crippen molar-refractivity contribution in [3.63, 3.8) is 0 Å². The van der Waals surface area contributed by atoms with Crippen LogP contribution in [-0.2, 0) is 11.2 Å². The van der Waals surface area contributed by atoms with Crippen LogP contribution in [0.25, 0.3) is 0 Å². The highest BCUT2D eigenvalue weighted by molar-refractivity contribution is 5.79. The Bertz CT molecular complexity index is 417. The molecule has 18 heavy (non-hydrogen) atoms. The van der Waals surface area contributed by atoms with Crippen molar-refractivity contribution in [2.24, 2.45) is 5.92 Å². The van der Waals surface area contributed by atoms with E-state index >= 15 is 0 Å². The number of unbranched alkanes of at least 4 members (excludes halogenated alkanes) is 1. The predicted octanol–water partition coefficient (Wildman–Crippen LogP) is 2.50. The zero-order valence-corrected chi connectivity index (χ0v) is 11.2. The van der Waals surface area contributed by atoms with E-state index in [-0.39, 0.29) is 11.8 Å². The molecule has 1 atom stereocenters. The van der Waals surface area contributed by atoms with Crippen LogP contribution in [-0.4, -0.2) is 31.0 Å². The molecule has 0 spiro atoms. The van der Waals surface area contributed by atoms with E-state index in [4.69, 9.17) is 4.74 Å². The molecular formula is C15H21NO2. The molecule has 3 heteroatoms. The van der Waals surface area contributed by atoms with Crippen molar-refractivity contribution in [2.75, 3.05) is 20.2 Å². The second-order valence-electron chi connectivity index (χ2n) is 4.93. The molecule has 0 aromatic heterocycles. The molecule has 0 radical (unpaired) electrons. The third-order valence-corrected chi connectivity index (χ3v) is 3.45. The van der Waals surface area contributed by atoms with E-state index in [0.717, 1.165) is 37.1 Å². The van der Waals surface area contributed by atoms with Crippen LogP contribution >= 0.6 is 0 Å². The number of nitrogens with zero attached hydrogens (tertiary/aromatic N) is 1. The van der Waals surface area contributed by atoms with Gasteiger partial charge in [-0.25, -0.2) is 0 Å². The third-order valence-electron chi connectivity index (χ3n) is 3.45. The molecule has 1 heterocycles. The van der Waals surface area contributed by atoms with Gasteiger partial charge in [-0.05, 0) is 24.5 Å². The molecule has 1 amide bonds. The van der Waals surface area contributed by atoms with Crippen LogP contribution < -0.4 is 4.74 Å². The molecule has 2 rings (SSSR count). The van der Waals surface area contributed by atoms with E-state index in [2.05, 4.69) is 6.92 Å². The smallest absolute Gasteiger partial charge is 0.229 e. The summed E-state index contributed by atoms with van der Waals surface area (Å²) in [5.41, 5.74) is 1.14. The highest BCUT2D eigenvalue weighted by Gasteiger charge is 2.27. The first kappa shape index (κ1) is 12.9. The Morgan fingerprint density at radius 1 is 1.44 bits per heavy atom. The number of amides is 1. The number of hydrogen-bond acceptors (Lipinski definition) is 2. The Labute approximate surface area is 109 Å². The van der Waals surface area contributed by atoms with Crippen LogP contribution in [0.3, 0.4) is 0 Å². The minimum Gasteiger partial charge on any atom is -0.492 e. The van der Waals surface area contributed by atoms with Crippen LogP contribution in [0, 0.1) is 5.92 Å². The Hall–Kier alpha value is -1.51. The minimum atomic E-state index is -0.0262. The lowest BCUT2D eigenvalue weighted by molar-refractivity contribution is -0.135. The molecule has 1 aromatic carbocycles. The van der Waals surface area contributed by atoms with Gasteiger partial charge in [0.25, 0.3) is 0 Å². The van der Waals surface area contributed by atoms with Gasteiger partial charge in [0.1, 0.15) is 12.4 Å². The molecule has 0 bridgehead atoms. The van der Waals surface area contributed by atoms with Gasteiger partial charge in [0, 0.05) is 13.6 Å². The van der Waals surface area contributed by atoms with E-state index < -0.39 is 0 Å². The standard InChI is InChI=1S/C15H21NO2/c1-3-4-9-16(2)15(17)13-10-12-7-5-6-8-14(12)18-11-13/h5-8,13H,3-4,9-11H2,1-2H3/t13-/m0/s1. The molecule has 0 unspecified atom stereocenters. The highest BCUT2D eigenvalue weighted by atomic mass is 16.5. The van der Waals surface area contributed by atoms with E-state index in [1.807, 2.05) is 36.2 Å². The Morgan fingerprint density at radius 2 is 2.22 bits per heavy atom. The molecule has 0 saturated heterocycles. The fraction of sp³-hybridized carbons (Fsp3) is 0.533. The Kier molecular flexibility index (Phi) is 4.24. The van der Waals surface area contributed by atoms with Crippen molar-refractivity contribution < 1.29 is 9.53 Å². The largest absolute Gasteiger partial charge is 0.492 e. The summed E-state index contributed by atoms with van der Waals surface area (Å²) >= 11 is 0. The van der Waals surface area contributed by atoms with E-state index in [1.54, 1.807) is 0 Å². The zero-order valence-electron chi connectivity index (χ0n) is 11.2. The first-order valence-corrected chi connectivity index (χ1v) is 6.68. The molecule has 3 nitrogen and oxygen atoms in total. The fourth-order valence-corrected chi connectivity index (χ4v) is 2.30. The lowest BCUT2D eigenvalue weighted by Crippen LogP contribution is -2.39. The molecule has 1 aromatic rings. The monoisotopic (exact) mass is 247 g/mol. The van der Waals surface area contributed by atoms with Gasteiger partial charge in [-0.1, -0.05) is 31.5 Å². The van der Waals surface area contributed by atoms with Crippen molar-refractivity contribution >= 4 is 5.91 Å². The first-order chi connectivity index (χ1) is 8.72. The topological polar surface area (TPSA) is 29.5 Å². The van der Waals surface area contributed by atoms with Crippen LogP contribution in [0.5, 0.6) is 5.75 Å². The zero-order chi connectivity index (χ0) is 13.0. The summed E-state index contributed by atoms with van der Waals surface area (Å²) in [6.07, 6.45) is 2.97. The van der Waals surface area contributed by atoms with Crippen LogP contribution in [0.4, 0.5) is 0 Å². The number of rotatable bonds is 4. The van der Waals surface area contributed by atoms with Crippen molar-refractivity contribution in [1.29, 1.82) is 0 Å². The number of ether oxygens (including phenoxy) is 1. The molecule has 0 N–H and O–H groups in total. The summed E-state index contributed by atoms with van der Waals surface area (Å²) in [7, 11) is 1.89.